The quantitative estimate of drug-likeness (QED) is 0.476. The molecule has 0 fully saturated rings. The van der Waals surface area contributed by atoms with Gasteiger partial charge in [-0.25, -0.2) is 0 Å². The highest BCUT2D eigenvalue weighted by molar-refractivity contribution is 9.09. The van der Waals surface area contributed by atoms with E-state index in [1.807, 2.05) is 0 Å². The van der Waals surface area contributed by atoms with Gasteiger partial charge in [-0.05, 0) is 18.6 Å². The highest BCUT2D eigenvalue weighted by Crippen LogP contribution is 2.32. The highest BCUT2D eigenvalue weighted by atomic mass is 79.9. The Kier molecular flexibility index (Phi) is 2.93. The monoisotopic (exact) mass is 244 g/mol. The van der Waals surface area contributed by atoms with Gasteiger partial charge in [0.2, 0.25) is 0 Å². The third-order valence-corrected chi connectivity index (χ3v) is 2.28. The van der Waals surface area contributed by atoms with Crippen LogP contribution in [0, 0.1) is 6.92 Å². The summed E-state index contributed by atoms with van der Waals surface area (Å²) in [7, 11) is 0. The Labute approximate surface area is 84.1 Å². The first-order valence-electron chi connectivity index (χ1n) is 3.68. The molecule has 0 aromatic heterocycles. The smallest absolute Gasteiger partial charge is 0.177 e. The fraction of sp³-hybridized carbons (Fsp3) is 0.222. The molecule has 0 saturated carbocycles. The van der Waals surface area contributed by atoms with Crippen LogP contribution in [0.1, 0.15) is 15.9 Å². The number of Topliss-reactive ketones (excluding diaryl/α,β-unsaturated/α-hetero) is 1. The molecule has 0 saturated heterocycles. The molecule has 0 atom stereocenters. The molecular weight excluding hydrogens is 236 g/mol. The second kappa shape index (κ2) is 3.79. The predicted molar refractivity (Wildman–Crippen MR) is 52.6 cm³/mol. The van der Waals surface area contributed by atoms with Gasteiger partial charge in [0.25, 0.3) is 0 Å². The minimum atomic E-state index is -0.343. The van der Waals surface area contributed by atoms with Crippen LogP contribution in [0.15, 0.2) is 12.1 Å². The number of alkyl halides is 1. The van der Waals surface area contributed by atoms with Gasteiger partial charge in [0.05, 0.1) is 10.9 Å². The van der Waals surface area contributed by atoms with Gasteiger partial charge in [-0.15, -0.1) is 0 Å². The molecule has 13 heavy (non-hydrogen) atoms. The summed E-state index contributed by atoms with van der Waals surface area (Å²) < 4.78 is 0. The van der Waals surface area contributed by atoms with Crippen molar-refractivity contribution < 1.29 is 15.0 Å². The minimum absolute atomic E-state index is 0.128. The van der Waals surface area contributed by atoms with Gasteiger partial charge in [0.1, 0.15) is 0 Å². The summed E-state index contributed by atoms with van der Waals surface area (Å²) in [6.07, 6.45) is 0. The molecule has 0 bridgehead atoms. The van der Waals surface area contributed by atoms with Crippen molar-refractivity contribution in [2.24, 2.45) is 0 Å². The van der Waals surface area contributed by atoms with Crippen molar-refractivity contribution >= 4 is 21.7 Å². The molecule has 0 aliphatic rings. The summed E-state index contributed by atoms with van der Waals surface area (Å²) in [5.74, 6) is -0.830. The lowest BCUT2D eigenvalue weighted by Crippen LogP contribution is -2.00. The molecular formula is C9H9BrO3. The zero-order valence-corrected chi connectivity index (χ0v) is 8.63. The Morgan fingerprint density at radius 2 is 2.00 bits per heavy atom. The number of halogens is 1. The maximum atomic E-state index is 11.2. The number of hydrogen-bond donors (Lipinski definition) is 2. The Hall–Kier alpha value is -1.03. The van der Waals surface area contributed by atoms with E-state index in [0.717, 1.165) is 0 Å². The number of carbonyl (C=O) groups is 1. The van der Waals surface area contributed by atoms with E-state index in [4.69, 9.17) is 0 Å². The van der Waals surface area contributed by atoms with Crippen LogP contribution in [0.25, 0.3) is 0 Å². The lowest BCUT2D eigenvalue weighted by atomic mass is 10.1. The molecule has 1 rings (SSSR count). The van der Waals surface area contributed by atoms with Crippen molar-refractivity contribution in [1.29, 1.82) is 0 Å². The lowest BCUT2D eigenvalue weighted by molar-refractivity contribution is 0.102. The van der Waals surface area contributed by atoms with Crippen LogP contribution in [-0.4, -0.2) is 21.3 Å². The Bertz CT molecular complexity index is 347. The molecule has 0 radical (unpaired) electrons. The van der Waals surface area contributed by atoms with Crippen molar-refractivity contribution in [1.82, 2.24) is 0 Å². The van der Waals surface area contributed by atoms with E-state index in [2.05, 4.69) is 15.9 Å². The maximum Gasteiger partial charge on any atom is 0.177 e. The summed E-state index contributed by atoms with van der Waals surface area (Å²) in [5.41, 5.74) is 0.684. The zero-order valence-electron chi connectivity index (χ0n) is 7.04. The average Bonchev–Trinajstić information content (AvgIpc) is 2.13. The van der Waals surface area contributed by atoms with Crippen LogP contribution in [0.3, 0.4) is 0 Å². The first kappa shape index (κ1) is 10.1. The van der Waals surface area contributed by atoms with Crippen molar-refractivity contribution in [3.05, 3.63) is 23.3 Å². The maximum absolute atomic E-state index is 11.2. The SMILES string of the molecule is Cc1ccc(C(=O)CBr)c(O)c1O. The Balaban J connectivity index is 3.26. The first-order valence-corrected chi connectivity index (χ1v) is 4.80. The number of carbonyl (C=O) groups excluding carboxylic acids is 1. The van der Waals surface area contributed by atoms with E-state index in [0.29, 0.717) is 5.56 Å². The largest absolute Gasteiger partial charge is 0.504 e. The van der Waals surface area contributed by atoms with E-state index in [1.165, 1.54) is 6.07 Å². The second-order valence-electron chi connectivity index (χ2n) is 2.68. The van der Waals surface area contributed by atoms with Gasteiger partial charge in [0.15, 0.2) is 17.3 Å². The number of rotatable bonds is 2. The van der Waals surface area contributed by atoms with Crippen molar-refractivity contribution in [2.75, 3.05) is 5.33 Å². The number of aromatic hydroxyl groups is 2. The number of phenolic OH excluding ortho intramolecular Hbond substituents is 2. The number of benzene rings is 1. The fourth-order valence-electron chi connectivity index (χ4n) is 0.978. The number of hydrogen-bond acceptors (Lipinski definition) is 3. The Morgan fingerprint density at radius 1 is 1.38 bits per heavy atom. The standard InChI is InChI=1S/C9H9BrO3/c1-5-2-3-6(7(11)4-10)9(13)8(5)12/h2-3,12-13H,4H2,1H3. The van der Waals surface area contributed by atoms with Crippen LogP contribution < -0.4 is 0 Å². The van der Waals surface area contributed by atoms with Gasteiger partial charge in [-0.3, -0.25) is 4.79 Å². The van der Waals surface area contributed by atoms with E-state index in [9.17, 15) is 15.0 Å². The predicted octanol–water partition coefficient (Wildman–Crippen LogP) is 1.98. The Morgan fingerprint density at radius 3 is 2.54 bits per heavy atom. The normalized spacial score (nSPS) is 10.0. The van der Waals surface area contributed by atoms with Crippen molar-refractivity contribution in [3.63, 3.8) is 0 Å². The molecule has 0 aliphatic carbocycles. The summed E-state index contributed by atoms with van der Waals surface area (Å²) in [6, 6.07) is 3.08. The minimum Gasteiger partial charge on any atom is -0.504 e. The molecule has 4 heteroatoms. The zero-order chi connectivity index (χ0) is 10.0. The van der Waals surface area contributed by atoms with E-state index >= 15 is 0 Å². The molecule has 1 aromatic carbocycles. The number of ketones is 1. The van der Waals surface area contributed by atoms with E-state index < -0.39 is 0 Å². The van der Waals surface area contributed by atoms with Gasteiger partial charge >= 0.3 is 0 Å². The molecule has 0 aliphatic heterocycles. The number of aryl methyl sites for hydroxylation is 1. The average molecular weight is 245 g/mol. The van der Waals surface area contributed by atoms with Crippen molar-refractivity contribution in [3.8, 4) is 11.5 Å². The van der Waals surface area contributed by atoms with Gasteiger partial charge in [0, 0.05) is 0 Å². The highest BCUT2D eigenvalue weighted by Gasteiger charge is 2.14. The third-order valence-electron chi connectivity index (χ3n) is 1.77. The molecule has 2 N–H and O–H groups in total. The van der Waals surface area contributed by atoms with Crippen LogP contribution in [0.5, 0.6) is 11.5 Å². The summed E-state index contributed by atoms with van der Waals surface area (Å²) >= 11 is 2.99. The van der Waals surface area contributed by atoms with Gasteiger partial charge in [-0.2, -0.15) is 0 Å². The molecule has 0 unspecified atom stereocenters. The summed E-state index contributed by atoms with van der Waals surface area (Å²) in [4.78, 5) is 11.2. The van der Waals surface area contributed by atoms with Crippen molar-refractivity contribution in [2.45, 2.75) is 6.92 Å². The third kappa shape index (κ3) is 1.83. The van der Waals surface area contributed by atoms with Gasteiger partial charge in [-0.1, -0.05) is 22.0 Å². The van der Waals surface area contributed by atoms with Crippen LogP contribution >= 0.6 is 15.9 Å². The van der Waals surface area contributed by atoms with Crippen LogP contribution in [0.2, 0.25) is 0 Å². The van der Waals surface area contributed by atoms with E-state index in [1.54, 1.807) is 13.0 Å². The first-order chi connectivity index (χ1) is 6.07. The lowest BCUT2D eigenvalue weighted by Gasteiger charge is -2.05. The van der Waals surface area contributed by atoms with Crippen LogP contribution in [-0.2, 0) is 0 Å². The van der Waals surface area contributed by atoms with Gasteiger partial charge < -0.3 is 10.2 Å². The second-order valence-corrected chi connectivity index (χ2v) is 3.24. The molecule has 70 valence electrons. The summed E-state index contributed by atoms with van der Waals surface area (Å²) in [6.45, 7) is 1.65. The number of phenols is 2. The molecule has 0 heterocycles. The molecule has 0 spiro atoms. The topological polar surface area (TPSA) is 57.5 Å². The summed E-state index contributed by atoms with van der Waals surface area (Å²) in [5, 5.41) is 18.8. The molecule has 0 amide bonds. The molecule has 3 nitrogen and oxygen atoms in total. The van der Waals surface area contributed by atoms with Crippen LogP contribution in [0.4, 0.5) is 0 Å². The molecule has 1 aromatic rings. The van der Waals surface area contributed by atoms with E-state index in [-0.39, 0.29) is 28.2 Å². The fourth-order valence-corrected chi connectivity index (χ4v) is 1.28.